The van der Waals surface area contributed by atoms with Crippen LogP contribution < -0.4 is 26.6 Å². The molecule has 0 radical (unpaired) electrons. The van der Waals surface area contributed by atoms with Gasteiger partial charge in [0.1, 0.15) is 11.5 Å². The average molecular weight is 614 g/mol. The van der Waals surface area contributed by atoms with E-state index in [-0.39, 0.29) is 70.9 Å². The molecule has 39 heavy (non-hydrogen) atoms. The minimum atomic E-state index is -2.45. The zero-order chi connectivity index (χ0) is 27.8. The van der Waals surface area contributed by atoms with Gasteiger partial charge in [0.15, 0.2) is 0 Å². The van der Waals surface area contributed by atoms with Gasteiger partial charge in [-0.3, -0.25) is 20.2 Å². The van der Waals surface area contributed by atoms with Crippen molar-refractivity contribution in [2.75, 3.05) is 39.8 Å². The molecule has 0 aliphatic carbocycles. The predicted molar refractivity (Wildman–Crippen MR) is 148 cm³/mol. The van der Waals surface area contributed by atoms with E-state index in [1.807, 2.05) is 0 Å². The highest BCUT2D eigenvalue weighted by atomic mass is 35.5. The summed E-state index contributed by atoms with van der Waals surface area (Å²) < 4.78 is 31.9. The number of carbonyl (C=O) groups is 2. The molecule has 5 N–H and O–H groups in total. The van der Waals surface area contributed by atoms with Gasteiger partial charge in [0, 0.05) is 63.1 Å². The number of piperidine rings is 3. The highest BCUT2D eigenvalue weighted by molar-refractivity contribution is 8.00. The SMILES string of the molecule is COC1CNC(Cl)CC1C1CC(C)NCC1C(=O)NC1NC2CN(C(=O)C3NCC(C(F)F)CC3Cl)CC2S1. The van der Waals surface area contributed by atoms with E-state index in [2.05, 4.69) is 33.5 Å². The van der Waals surface area contributed by atoms with Crippen LogP contribution in [-0.2, 0) is 14.3 Å². The number of hydrogen-bond donors (Lipinski definition) is 5. The van der Waals surface area contributed by atoms with Crippen molar-refractivity contribution in [2.45, 2.75) is 78.5 Å². The van der Waals surface area contributed by atoms with E-state index < -0.39 is 23.8 Å². The number of likely N-dealkylation sites (tertiary alicyclic amines) is 1. The first-order valence-electron chi connectivity index (χ1n) is 13.9. The molecule has 5 aliphatic heterocycles. The maximum absolute atomic E-state index is 13.6. The van der Waals surface area contributed by atoms with Crippen LogP contribution in [0.4, 0.5) is 8.78 Å². The van der Waals surface area contributed by atoms with E-state index in [4.69, 9.17) is 27.9 Å². The third-order valence-corrected chi connectivity index (χ3v) is 11.3. The molecule has 0 spiro atoms. The summed E-state index contributed by atoms with van der Waals surface area (Å²) in [5.74, 6) is -0.798. The minimum absolute atomic E-state index is 0.0138. The van der Waals surface area contributed by atoms with E-state index in [1.54, 1.807) is 23.8 Å². The number of hydrogen-bond acceptors (Lipinski definition) is 8. The Morgan fingerprint density at radius 3 is 2.54 bits per heavy atom. The molecule has 9 nitrogen and oxygen atoms in total. The Labute approximate surface area is 242 Å². The van der Waals surface area contributed by atoms with Crippen molar-refractivity contribution in [3.05, 3.63) is 0 Å². The second-order valence-corrected chi connectivity index (χ2v) is 14.1. The summed E-state index contributed by atoms with van der Waals surface area (Å²) in [6.07, 6.45) is -0.675. The highest BCUT2D eigenvalue weighted by Crippen LogP contribution is 2.39. The standard InChI is InChI=1S/C25H40Cl2F2N6O3S/c1-11-3-13(14-5-20(27)31-8-18(14)38-2)15(7-30-11)23(36)34-25-33-17-9-35(10-19(17)39-25)24(37)21-16(26)4-12(6-32-21)22(28)29/h11-22,25,30-33H,3-10H2,1-2H3,(H,34,36). The van der Waals surface area contributed by atoms with Crippen LogP contribution in [0.2, 0.25) is 0 Å². The first kappa shape index (κ1) is 30.0. The smallest absolute Gasteiger partial charge is 0.242 e. The maximum atomic E-state index is 13.6. The molecule has 0 aromatic heterocycles. The van der Waals surface area contributed by atoms with Crippen LogP contribution in [0.15, 0.2) is 0 Å². The summed E-state index contributed by atoms with van der Waals surface area (Å²) in [6, 6.07) is -0.304. The molecule has 5 aliphatic rings. The molecule has 12 atom stereocenters. The Morgan fingerprint density at radius 2 is 1.85 bits per heavy atom. The topological polar surface area (TPSA) is 107 Å². The summed E-state index contributed by atoms with van der Waals surface area (Å²) in [6.45, 7) is 4.54. The molecule has 2 amide bonds. The maximum Gasteiger partial charge on any atom is 0.242 e. The number of thioether (sulfide) groups is 1. The van der Waals surface area contributed by atoms with Crippen LogP contribution in [0.25, 0.3) is 0 Å². The van der Waals surface area contributed by atoms with Crippen molar-refractivity contribution >= 4 is 46.8 Å². The molecule has 5 fully saturated rings. The summed E-state index contributed by atoms with van der Waals surface area (Å²) in [4.78, 5) is 28.5. The fourth-order valence-electron chi connectivity index (χ4n) is 6.99. The number of halogens is 4. The van der Waals surface area contributed by atoms with Gasteiger partial charge in [0.2, 0.25) is 18.2 Å². The molecular weight excluding hydrogens is 573 g/mol. The molecule has 12 unspecified atom stereocenters. The van der Waals surface area contributed by atoms with Gasteiger partial charge in [-0.15, -0.1) is 35.0 Å². The third-order valence-electron chi connectivity index (χ3n) is 9.15. The van der Waals surface area contributed by atoms with Crippen LogP contribution in [0, 0.1) is 23.7 Å². The number of methoxy groups -OCH3 is 1. The number of rotatable bonds is 6. The van der Waals surface area contributed by atoms with Gasteiger partial charge in [-0.2, -0.15) is 0 Å². The van der Waals surface area contributed by atoms with Gasteiger partial charge in [-0.05, 0) is 38.0 Å². The number of fused-ring (bicyclic) bond motifs is 1. The molecule has 5 saturated heterocycles. The van der Waals surface area contributed by atoms with Gasteiger partial charge in [-0.1, -0.05) is 0 Å². The first-order valence-corrected chi connectivity index (χ1v) is 15.8. The van der Waals surface area contributed by atoms with Crippen molar-refractivity contribution in [1.82, 2.24) is 31.5 Å². The monoisotopic (exact) mass is 612 g/mol. The number of amides is 2. The first-order chi connectivity index (χ1) is 18.6. The molecule has 0 aromatic rings. The van der Waals surface area contributed by atoms with Crippen LogP contribution in [0.5, 0.6) is 0 Å². The highest BCUT2D eigenvalue weighted by Gasteiger charge is 2.48. The molecule has 5 heterocycles. The molecule has 0 saturated carbocycles. The molecule has 5 rings (SSSR count). The summed E-state index contributed by atoms with van der Waals surface area (Å²) >= 11 is 14.4. The lowest BCUT2D eigenvalue weighted by molar-refractivity contribution is -0.133. The second-order valence-electron chi connectivity index (χ2n) is 11.7. The predicted octanol–water partition coefficient (Wildman–Crippen LogP) is 0.956. The molecular formula is C25H40Cl2F2N6O3S. The summed E-state index contributed by atoms with van der Waals surface area (Å²) in [7, 11) is 1.72. The third kappa shape index (κ3) is 6.63. The van der Waals surface area contributed by atoms with Crippen molar-refractivity contribution in [2.24, 2.45) is 23.7 Å². The van der Waals surface area contributed by atoms with E-state index in [1.165, 1.54) is 0 Å². The minimum Gasteiger partial charge on any atom is -0.380 e. The van der Waals surface area contributed by atoms with E-state index in [9.17, 15) is 18.4 Å². The molecule has 14 heteroatoms. The van der Waals surface area contributed by atoms with Crippen molar-refractivity contribution in [3.8, 4) is 0 Å². The Bertz CT molecular complexity index is 885. The largest absolute Gasteiger partial charge is 0.380 e. The van der Waals surface area contributed by atoms with Crippen LogP contribution >= 0.6 is 35.0 Å². The van der Waals surface area contributed by atoms with Gasteiger partial charge >= 0.3 is 0 Å². The molecule has 222 valence electrons. The number of nitrogens with one attached hydrogen (secondary N) is 5. The number of carbonyl (C=O) groups excluding carboxylic acids is 2. The zero-order valence-corrected chi connectivity index (χ0v) is 24.6. The number of alkyl halides is 4. The summed E-state index contributed by atoms with van der Waals surface area (Å²) in [5.41, 5.74) is -0.367. The molecule has 0 aromatic carbocycles. The van der Waals surface area contributed by atoms with Gasteiger partial charge in [0.25, 0.3) is 0 Å². The average Bonchev–Trinajstić information content (AvgIpc) is 3.47. The van der Waals surface area contributed by atoms with Crippen LogP contribution in [0.3, 0.4) is 0 Å². The Balaban J connectivity index is 1.14. The zero-order valence-electron chi connectivity index (χ0n) is 22.3. The van der Waals surface area contributed by atoms with E-state index >= 15 is 0 Å². The lowest BCUT2D eigenvalue weighted by Gasteiger charge is -2.45. The number of ether oxygens (including phenoxy) is 1. The lowest BCUT2D eigenvalue weighted by Crippen LogP contribution is -2.58. The van der Waals surface area contributed by atoms with Gasteiger partial charge in [0.05, 0.1) is 22.9 Å². The van der Waals surface area contributed by atoms with E-state index in [0.29, 0.717) is 32.2 Å². The van der Waals surface area contributed by atoms with Crippen molar-refractivity contribution in [3.63, 3.8) is 0 Å². The van der Waals surface area contributed by atoms with Crippen LogP contribution in [-0.4, -0.2) is 109 Å². The quantitative estimate of drug-likeness (QED) is 0.223. The normalized spacial score (nSPS) is 44.8. The lowest BCUT2D eigenvalue weighted by atomic mass is 9.70. The fourth-order valence-corrected chi connectivity index (χ4v) is 9.12. The number of nitrogens with zero attached hydrogens (tertiary/aromatic N) is 1. The van der Waals surface area contributed by atoms with Gasteiger partial charge < -0.3 is 25.6 Å². The van der Waals surface area contributed by atoms with Crippen molar-refractivity contribution < 1.29 is 23.1 Å². The Kier molecular flexibility index (Phi) is 9.85. The Hall–Kier alpha value is -0.470. The van der Waals surface area contributed by atoms with Crippen LogP contribution in [0.1, 0.15) is 26.2 Å². The Morgan fingerprint density at radius 1 is 1.05 bits per heavy atom. The van der Waals surface area contributed by atoms with E-state index in [0.717, 1.165) is 12.8 Å². The summed E-state index contributed by atoms with van der Waals surface area (Å²) in [5, 5.41) is 15.8. The molecule has 0 bridgehead atoms. The second kappa shape index (κ2) is 12.8. The fraction of sp³-hybridized carbons (Fsp3) is 0.920. The van der Waals surface area contributed by atoms with Crippen molar-refractivity contribution in [1.29, 1.82) is 0 Å². The van der Waals surface area contributed by atoms with Gasteiger partial charge in [-0.25, -0.2) is 8.78 Å².